The molecule has 3 heteroatoms. The molecule has 0 fully saturated rings. The largest absolute Gasteiger partial charge is 0.504 e. The van der Waals surface area contributed by atoms with E-state index in [4.69, 9.17) is 0 Å². The van der Waals surface area contributed by atoms with Crippen molar-refractivity contribution in [1.82, 2.24) is 9.78 Å². The summed E-state index contributed by atoms with van der Waals surface area (Å²) in [5, 5.41) is 15.3. The second kappa shape index (κ2) is 4.97. The summed E-state index contributed by atoms with van der Waals surface area (Å²) >= 11 is 0. The van der Waals surface area contributed by atoms with Crippen LogP contribution in [0.25, 0.3) is 11.3 Å². The average molecular weight is 272 g/mol. The topological polar surface area (TPSA) is 38.1 Å². The lowest BCUT2D eigenvalue weighted by Gasteiger charge is -2.15. The van der Waals surface area contributed by atoms with E-state index < -0.39 is 0 Å². The Bertz CT molecular complexity index is 601. The molecule has 2 aromatic rings. The van der Waals surface area contributed by atoms with Crippen LogP contribution >= 0.6 is 0 Å². The van der Waals surface area contributed by atoms with Crippen LogP contribution in [0.2, 0.25) is 0 Å². The monoisotopic (exact) mass is 272 g/mol. The van der Waals surface area contributed by atoms with Gasteiger partial charge in [0.2, 0.25) is 0 Å². The van der Waals surface area contributed by atoms with Crippen LogP contribution in [-0.2, 0) is 5.41 Å². The molecule has 108 valence electrons. The molecule has 0 spiro atoms. The fourth-order valence-corrected chi connectivity index (χ4v) is 2.29. The SMILES string of the molecule is Cc1ccc(-c2c(O)c(C(C)(C)C)nn2C(C)C)cc1. The van der Waals surface area contributed by atoms with Crippen molar-refractivity contribution < 1.29 is 5.11 Å². The Hall–Kier alpha value is -1.77. The summed E-state index contributed by atoms with van der Waals surface area (Å²) in [6, 6.07) is 8.40. The summed E-state index contributed by atoms with van der Waals surface area (Å²) in [5.74, 6) is 0.301. The van der Waals surface area contributed by atoms with Crippen LogP contribution in [0.1, 0.15) is 51.9 Å². The lowest BCUT2D eigenvalue weighted by atomic mass is 9.91. The van der Waals surface area contributed by atoms with Gasteiger partial charge in [-0.3, -0.25) is 4.68 Å². The van der Waals surface area contributed by atoms with Crippen molar-refractivity contribution in [3.63, 3.8) is 0 Å². The van der Waals surface area contributed by atoms with Crippen LogP contribution in [0.3, 0.4) is 0 Å². The van der Waals surface area contributed by atoms with Gasteiger partial charge in [0.25, 0.3) is 0 Å². The van der Waals surface area contributed by atoms with E-state index in [2.05, 4.69) is 58.8 Å². The fourth-order valence-electron chi connectivity index (χ4n) is 2.29. The highest BCUT2D eigenvalue weighted by atomic mass is 16.3. The fraction of sp³-hybridized carbons (Fsp3) is 0.471. The van der Waals surface area contributed by atoms with E-state index in [0.29, 0.717) is 5.75 Å². The highest BCUT2D eigenvalue weighted by molar-refractivity contribution is 5.68. The molecule has 0 amide bonds. The molecule has 2 rings (SSSR count). The molecule has 0 radical (unpaired) electrons. The van der Waals surface area contributed by atoms with Gasteiger partial charge in [-0.1, -0.05) is 50.6 Å². The van der Waals surface area contributed by atoms with Crippen LogP contribution in [0.4, 0.5) is 0 Å². The molecule has 0 unspecified atom stereocenters. The summed E-state index contributed by atoms with van der Waals surface area (Å²) in [4.78, 5) is 0. The predicted octanol–water partition coefficient (Wildman–Crippen LogP) is 4.44. The van der Waals surface area contributed by atoms with E-state index in [1.807, 2.05) is 16.8 Å². The Labute approximate surface area is 121 Å². The molecule has 3 nitrogen and oxygen atoms in total. The Balaban J connectivity index is 2.67. The maximum absolute atomic E-state index is 10.6. The summed E-state index contributed by atoms with van der Waals surface area (Å²) in [6.07, 6.45) is 0. The van der Waals surface area contributed by atoms with Gasteiger partial charge in [0.15, 0.2) is 5.75 Å². The molecule has 0 saturated heterocycles. The second-order valence-corrected chi connectivity index (χ2v) is 6.70. The molecule has 0 aliphatic heterocycles. The first-order valence-electron chi connectivity index (χ1n) is 7.11. The molecule has 1 aromatic carbocycles. The number of aromatic hydroxyl groups is 1. The van der Waals surface area contributed by atoms with Crippen molar-refractivity contribution in [3.8, 4) is 17.0 Å². The zero-order valence-corrected chi connectivity index (χ0v) is 13.2. The van der Waals surface area contributed by atoms with Crippen LogP contribution < -0.4 is 0 Å². The molecular weight excluding hydrogens is 248 g/mol. The number of benzene rings is 1. The van der Waals surface area contributed by atoms with Crippen molar-refractivity contribution in [2.24, 2.45) is 0 Å². The van der Waals surface area contributed by atoms with Crippen molar-refractivity contribution in [3.05, 3.63) is 35.5 Å². The lowest BCUT2D eigenvalue weighted by Crippen LogP contribution is -2.13. The highest BCUT2D eigenvalue weighted by Gasteiger charge is 2.28. The third-order valence-corrected chi connectivity index (χ3v) is 3.41. The third kappa shape index (κ3) is 2.58. The van der Waals surface area contributed by atoms with Gasteiger partial charge >= 0.3 is 0 Å². The van der Waals surface area contributed by atoms with Gasteiger partial charge in [-0.25, -0.2) is 0 Å². The molecular formula is C17H24N2O. The maximum atomic E-state index is 10.6. The number of aromatic nitrogens is 2. The lowest BCUT2D eigenvalue weighted by molar-refractivity contribution is 0.445. The third-order valence-electron chi connectivity index (χ3n) is 3.41. The number of hydrogen-bond acceptors (Lipinski definition) is 2. The standard InChI is InChI=1S/C17H24N2O/c1-11(2)19-14(13-9-7-12(3)8-10-13)15(20)16(18-19)17(4,5)6/h7-11,20H,1-6H3. The minimum absolute atomic E-state index is 0.177. The molecule has 0 saturated carbocycles. The first-order chi connectivity index (χ1) is 9.21. The molecule has 0 aliphatic carbocycles. The predicted molar refractivity (Wildman–Crippen MR) is 83.1 cm³/mol. The van der Waals surface area contributed by atoms with Crippen LogP contribution in [0.15, 0.2) is 24.3 Å². The van der Waals surface area contributed by atoms with Crippen molar-refractivity contribution in [2.75, 3.05) is 0 Å². The molecule has 1 heterocycles. The Morgan fingerprint density at radius 3 is 2.10 bits per heavy atom. The Morgan fingerprint density at radius 1 is 1.10 bits per heavy atom. The zero-order valence-electron chi connectivity index (χ0n) is 13.2. The van der Waals surface area contributed by atoms with Gasteiger partial charge in [0, 0.05) is 17.0 Å². The van der Waals surface area contributed by atoms with Gasteiger partial charge in [-0.2, -0.15) is 5.10 Å². The smallest absolute Gasteiger partial charge is 0.165 e. The minimum Gasteiger partial charge on any atom is -0.504 e. The zero-order chi connectivity index (χ0) is 15.1. The first-order valence-corrected chi connectivity index (χ1v) is 7.11. The molecule has 1 aromatic heterocycles. The van der Waals surface area contributed by atoms with Gasteiger partial charge in [-0.15, -0.1) is 0 Å². The Morgan fingerprint density at radius 2 is 1.65 bits per heavy atom. The minimum atomic E-state index is -0.177. The van der Waals surface area contributed by atoms with Crippen molar-refractivity contribution in [1.29, 1.82) is 0 Å². The van der Waals surface area contributed by atoms with Crippen LogP contribution in [-0.4, -0.2) is 14.9 Å². The van der Waals surface area contributed by atoms with E-state index >= 15 is 0 Å². The van der Waals surface area contributed by atoms with Gasteiger partial charge in [0.1, 0.15) is 11.4 Å². The van der Waals surface area contributed by atoms with Crippen molar-refractivity contribution in [2.45, 2.75) is 53.0 Å². The Kier molecular flexibility index (Phi) is 3.63. The maximum Gasteiger partial charge on any atom is 0.165 e. The summed E-state index contributed by atoms with van der Waals surface area (Å²) in [5.41, 5.74) is 3.60. The molecule has 0 atom stereocenters. The number of rotatable bonds is 2. The normalized spacial score (nSPS) is 12.2. The van der Waals surface area contributed by atoms with E-state index in [9.17, 15) is 5.11 Å². The number of aryl methyl sites for hydroxylation is 1. The highest BCUT2D eigenvalue weighted by Crippen LogP contribution is 2.39. The van der Waals surface area contributed by atoms with E-state index in [1.165, 1.54) is 5.56 Å². The van der Waals surface area contributed by atoms with Gasteiger partial charge in [-0.05, 0) is 20.8 Å². The second-order valence-electron chi connectivity index (χ2n) is 6.70. The number of nitrogens with zero attached hydrogens (tertiary/aromatic N) is 2. The molecule has 1 N–H and O–H groups in total. The van der Waals surface area contributed by atoms with Crippen LogP contribution in [0.5, 0.6) is 5.75 Å². The summed E-state index contributed by atoms with van der Waals surface area (Å²) in [7, 11) is 0. The first kappa shape index (κ1) is 14.6. The van der Waals surface area contributed by atoms with Crippen LogP contribution in [0, 0.1) is 6.92 Å². The van der Waals surface area contributed by atoms with Gasteiger partial charge < -0.3 is 5.11 Å². The average Bonchev–Trinajstić information content (AvgIpc) is 2.68. The molecule has 0 bridgehead atoms. The van der Waals surface area contributed by atoms with E-state index in [-0.39, 0.29) is 11.5 Å². The number of hydrogen-bond donors (Lipinski definition) is 1. The quantitative estimate of drug-likeness (QED) is 0.877. The molecule has 0 aliphatic rings. The van der Waals surface area contributed by atoms with E-state index in [0.717, 1.165) is 17.0 Å². The van der Waals surface area contributed by atoms with Crippen molar-refractivity contribution >= 4 is 0 Å². The van der Waals surface area contributed by atoms with E-state index in [1.54, 1.807) is 0 Å². The van der Waals surface area contributed by atoms with Gasteiger partial charge in [0.05, 0.1) is 0 Å². The summed E-state index contributed by atoms with van der Waals surface area (Å²) in [6.45, 7) is 12.4. The summed E-state index contributed by atoms with van der Waals surface area (Å²) < 4.78 is 1.92. The molecule has 20 heavy (non-hydrogen) atoms.